The lowest BCUT2D eigenvalue weighted by molar-refractivity contribution is 0.659. The van der Waals surface area contributed by atoms with Gasteiger partial charge in [-0.2, -0.15) is 5.10 Å². The van der Waals surface area contributed by atoms with Crippen molar-refractivity contribution in [3.8, 4) is 12.3 Å². The van der Waals surface area contributed by atoms with Crippen molar-refractivity contribution in [1.29, 1.82) is 0 Å². The number of aromatic nitrogens is 2. The first-order chi connectivity index (χ1) is 9.61. The monoisotopic (exact) mass is 395 g/mol. The van der Waals surface area contributed by atoms with Crippen LogP contribution in [-0.4, -0.2) is 9.78 Å². The van der Waals surface area contributed by atoms with Gasteiger partial charge in [0.05, 0.1) is 11.9 Å². The van der Waals surface area contributed by atoms with Crippen molar-refractivity contribution < 1.29 is 0 Å². The van der Waals surface area contributed by atoms with Gasteiger partial charge in [0.2, 0.25) is 0 Å². The first-order valence-corrected chi connectivity index (χ1v) is 7.38. The summed E-state index contributed by atoms with van der Waals surface area (Å²) in [6, 6.07) is 7.92. The van der Waals surface area contributed by atoms with E-state index in [2.05, 4.69) is 48.2 Å². The van der Waals surface area contributed by atoms with Crippen molar-refractivity contribution in [2.24, 2.45) is 0 Å². The van der Waals surface area contributed by atoms with Gasteiger partial charge in [-0.05, 0) is 33.6 Å². The molecule has 0 aliphatic rings. The number of rotatable bonds is 4. The second-order valence-corrected chi connectivity index (χ2v) is 5.73. The molecule has 1 heterocycles. The van der Waals surface area contributed by atoms with E-state index in [1.807, 2.05) is 24.3 Å². The van der Waals surface area contributed by atoms with Crippen LogP contribution in [0.5, 0.6) is 0 Å². The Bertz CT molecular complexity index is 719. The predicted octanol–water partition coefficient (Wildman–Crippen LogP) is 3.01. The number of nitrogens with one attached hydrogen (secondary N) is 1. The van der Waals surface area contributed by atoms with Crippen molar-refractivity contribution in [3.63, 3.8) is 0 Å². The third-order valence-electron chi connectivity index (χ3n) is 2.60. The summed E-state index contributed by atoms with van der Waals surface area (Å²) in [7, 11) is 0. The lowest BCUT2D eigenvalue weighted by atomic mass is 10.2. The minimum absolute atomic E-state index is 0.156. The maximum absolute atomic E-state index is 12.0. The zero-order valence-electron chi connectivity index (χ0n) is 10.4. The molecule has 0 spiro atoms. The van der Waals surface area contributed by atoms with E-state index in [0.29, 0.717) is 16.7 Å². The van der Waals surface area contributed by atoms with Crippen LogP contribution >= 0.6 is 31.9 Å². The lowest BCUT2D eigenvalue weighted by Crippen LogP contribution is -2.24. The molecule has 0 bridgehead atoms. The summed E-state index contributed by atoms with van der Waals surface area (Å²) in [5.41, 5.74) is 1.49. The van der Waals surface area contributed by atoms with E-state index in [4.69, 9.17) is 6.42 Å². The highest BCUT2D eigenvalue weighted by atomic mass is 79.9. The van der Waals surface area contributed by atoms with Crippen LogP contribution in [-0.2, 0) is 13.1 Å². The van der Waals surface area contributed by atoms with Crippen molar-refractivity contribution in [2.75, 3.05) is 5.32 Å². The quantitative estimate of drug-likeness (QED) is 0.808. The summed E-state index contributed by atoms with van der Waals surface area (Å²) in [4.78, 5) is 12.0. The largest absolute Gasteiger partial charge is 0.379 e. The van der Waals surface area contributed by atoms with Crippen molar-refractivity contribution >= 4 is 37.5 Å². The highest BCUT2D eigenvalue weighted by Crippen LogP contribution is 2.18. The SMILES string of the molecule is C#CCn1ncc(NCc2cccc(Br)c2)c(Br)c1=O. The van der Waals surface area contributed by atoms with Gasteiger partial charge >= 0.3 is 0 Å². The van der Waals surface area contributed by atoms with Gasteiger partial charge in [-0.15, -0.1) is 6.42 Å². The van der Waals surface area contributed by atoms with Gasteiger partial charge < -0.3 is 5.32 Å². The molecule has 1 N–H and O–H groups in total. The maximum Gasteiger partial charge on any atom is 0.284 e. The van der Waals surface area contributed by atoms with Crippen LogP contribution in [0.25, 0.3) is 0 Å². The Morgan fingerprint density at radius 2 is 2.20 bits per heavy atom. The molecule has 102 valence electrons. The highest BCUT2D eigenvalue weighted by Gasteiger charge is 2.07. The standard InChI is InChI=1S/C14H11Br2N3O/c1-2-6-19-14(20)13(16)12(9-18-19)17-8-10-4-3-5-11(15)7-10/h1,3-5,7,9,17H,6,8H2. The molecule has 0 aliphatic carbocycles. The zero-order valence-corrected chi connectivity index (χ0v) is 13.6. The minimum atomic E-state index is -0.248. The number of hydrogen-bond acceptors (Lipinski definition) is 3. The summed E-state index contributed by atoms with van der Waals surface area (Å²) in [6.45, 7) is 0.752. The molecule has 0 amide bonds. The molecule has 4 nitrogen and oxygen atoms in total. The van der Waals surface area contributed by atoms with Crippen LogP contribution in [0, 0.1) is 12.3 Å². The molecular weight excluding hydrogens is 386 g/mol. The van der Waals surface area contributed by atoms with Crippen molar-refractivity contribution in [1.82, 2.24) is 9.78 Å². The Morgan fingerprint density at radius 3 is 2.90 bits per heavy atom. The predicted molar refractivity (Wildman–Crippen MR) is 86.5 cm³/mol. The summed E-state index contributed by atoms with van der Waals surface area (Å²) in [5, 5.41) is 7.19. The molecule has 20 heavy (non-hydrogen) atoms. The average Bonchev–Trinajstić information content (AvgIpc) is 2.43. The van der Waals surface area contributed by atoms with Crippen LogP contribution in [0.1, 0.15) is 5.56 Å². The van der Waals surface area contributed by atoms with E-state index in [1.165, 1.54) is 4.68 Å². The number of anilines is 1. The molecule has 0 saturated carbocycles. The second kappa shape index (κ2) is 6.73. The average molecular weight is 397 g/mol. The fraction of sp³-hybridized carbons (Fsp3) is 0.143. The summed E-state index contributed by atoms with van der Waals surface area (Å²) in [5.74, 6) is 2.39. The van der Waals surface area contributed by atoms with Gasteiger partial charge in [0.15, 0.2) is 0 Å². The first kappa shape index (κ1) is 14.8. The van der Waals surface area contributed by atoms with E-state index < -0.39 is 0 Å². The normalized spacial score (nSPS) is 10.1. The van der Waals surface area contributed by atoms with Gasteiger partial charge in [-0.3, -0.25) is 4.79 Å². The van der Waals surface area contributed by atoms with Crippen LogP contribution in [0.2, 0.25) is 0 Å². The van der Waals surface area contributed by atoms with Crippen molar-refractivity contribution in [3.05, 3.63) is 55.3 Å². The smallest absolute Gasteiger partial charge is 0.284 e. The van der Waals surface area contributed by atoms with Crippen LogP contribution in [0.15, 0.2) is 44.2 Å². The maximum atomic E-state index is 12.0. The molecule has 6 heteroatoms. The first-order valence-electron chi connectivity index (χ1n) is 5.79. The van der Waals surface area contributed by atoms with Gasteiger partial charge in [-0.1, -0.05) is 34.0 Å². The van der Waals surface area contributed by atoms with Crippen LogP contribution in [0.3, 0.4) is 0 Å². The molecule has 2 rings (SSSR count). The van der Waals surface area contributed by atoms with Gasteiger partial charge in [0.25, 0.3) is 5.56 Å². The lowest BCUT2D eigenvalue weighted by Gasteiger charge is -2.09. The third-order valence-corrected chi connectivity index (χ3v) is 3.86. The van der Waals surface area contributed by atoms with E-state index in [-0.39, 0.29) is 12.1 Å². The fourth-order valence-electron chi connectivity index (χ4n) is 1.63. The number of halogens is 2. The highest BCUT2D eigenvalue weighted by molar-refractivity contribution is 9.10. The van der Waals surface area contributed by atoms with Crippen molar-refractivity contribution in [2.45, 2.75) is 13.1 Å². The van der Waals surface area contributed by atoms with Gasteiger partial charge in [0.1, 0.15) is 11.0 Å². The third kappa shape index (κ3) is 3.50. The number of hydrogen-bond donors (Lipinski definition) is 1. The van der Waals surface area contributed by atoms with Crippen LogP contribution < -0.4 is 10.9 Å². The number of terminal acetylenes is 1. The van der Waals surface area contributed by atoms with Gasteiger partial charge in [-0.25, -0.2) is 4.68 Å². The summed E-state index contributed by atoms with van der Waals surface area (Å²) in [6.07, 6.45) is 6.77. The van der Waals surface area contributed by atoms with E-state index in [1.54, 1.807) is 6.20 Å². The second-order valence-electron chi connectivity index (χ2n) is 4.02. The zero-order chi connectivity index (χ0) is 14.5. The number of nitrogens with zero attached hydrogens (tertiary/aromatic N) is 2. The Hall–Kier alpha value is -1.58. The Kier molecular flexibility index (Phi) is 4.99. The summed E-state index contributed by atoms with van der Waals surface area (Å²) < 4.78 is 2.67. The Morgan fingerprint density at radius 1 is 1.40 bits per heavy atom. The molecule has 0 aliphatic heterocycles. The number of benzene rings is 1. The Labute approximate surface area is 133 Å². The van der Waals surface area contributed by atoms with Gasteiger partial charge in [0, 0.05) is 11.0 Å². The Balaban J connectivity index is 2.17. The molecule has 0 atom stereocenters. The summed E-state index contributed by atoms with van der Waals surface area (Å²) >= 11 is 6.70. The van der Waals surface area contributed by atoms with E-state index in [9.17, 15) is 4.79 Å². The molecule has 0 fully saturated rings. The van der Waals surface area contributed by atoms with Crippen LogP contribution in [0.4, 0.5) is 5.69 Å². The minimum Gasteiger partial charge on any atom is -0.379 e. The fourth-order valence-corrected chi connectivity index (χ4v) is 2.53. The molecule has 2 aromatic rings. The molecule has 1 aromatic heterocycles. The molecule has 0 unspecified atom stereocenters. The van der Waals surface area contributed by atoms with E-state index in [0.717, 1.165) is 10.0 Å². The molecule has 0 saturated heterocycles. The molecular formula is C14H11Br2N3O. The topological polar surface area (TPSA) is 46.9 Å². The van der Waals surface area contributed by atoms with E-state index >= 15 is 0 Å². The molecule has 0 radical (unpaired) electrons. The molecule has 1 aromatic carbocycles.